The molecule has 1 rings (SSSR count). The van der Waals surface area contributed by atoms with Crippen LogP contribution in [0.25, 0.3) is 0 Å². The fraction of sp³-hybridized carbons (Fsp3) is 0.500. The molecule has 108 valence electrons. The monoisotopic (exact) mass is 291 g/mol. The van der Waals surface area contributed by atoms with Crippen molar-refractivity contribution in [1.82, 2.24) is 9.97 Å². The van der Waals surface area contributed by atoms with Crippen LogP contribution in [0.5, 0.6) is 11.6 Å². The summed E-state index contributed by atoms with van der Waals surface area (Å²) in [7, 11) is 0.970. The van der Waals surface area contributed by atoms with Crippen LogP contribution in [-0.4, -0.2) is 35.5 Å². The van der Waals surface area contributed by atoms with Gasteiger partial charge in [-0.3, -0.25) is 0 Å². The molecule has 0 bridgehead atoms. The maximum absolute atomic E-state index is 12.3. The number of nitrogens with zero attached hydrogens (tertiary/aromatic N) is 2. The second-order valence-corrected chi connectivity index (χ2v) is 3.18. The van der Waals surface area contributed by atoms with E-state index in [9.17, 15) is 26.3 Å². The molecular weight excluding hydrogens is 284 g/mol. The number of ether oxygens (including phenoxy) is 2. The van der Waals surface area contributed by atoms with Gasteiger partial charge in [0.05, 0.1) is 7.11 Å². The smallest absolute Gasteiger partial charge is 0.434 e. The van der Waals surface area contributed by atoms with Gasteiger partial charge in [-0.2, -0.15) is 31.3 Å². The van der Waals surface area contributed by atoms with E-state index in [0.717, 1.165) is 7.11 Å². The third-order valence-electron chi connectivity index (χ3n) is 1.83. The van der Waals surface area contributed by atoms with Gasteiger partial charge >= 0.3 is 12.4 Å². The highest BCUT2D eigenvalue weighted by atomic mass is 19.4. The van der Waals surface area contributed by atoms with Crippen molar-refractivity contribution in [2.75, 3.05) is 12.8 Å². The molecule has 0 amide bonds. The summed E-state index contributed by atoms with van der Waals surface area (Å²) in [5.41, 5.74) is 5.21. The first-order valence-electron chi connectivity index (χ1n) is 4.52. The van der Waals surface area contributed by atoms with Crippen LogP contribution in [0.2, 0.25) is 0 Å². The number of anilines is 1. The molecule has 0 unspecified atom stereocenters. The molecule has 5 nitrogen and oxygen atoms in total. The van der Waals surface area contributed by atoms with Crippen LogP contribution in [0.1, 0.15) is 0 Å². The normalized spacial score (nSPS) is 12.6. The van der Waals surface area contributed by atoms with E-state index in [1.807, 2.05) is 0 Å². The number of hydrogen-bond acceptors (Lipinski definition) is 5. The Morgan fingerprint density at radius 2 is 1.63 bits per heavy atom. The van der Waals surface area contributed by atoms with E-state index in [2.05, 4.69) is 19.4 Å². The van der Waals surface area contributed by atoms with E-state index in [0.29, 0.717) is 6.33 Å². The zero-order valence-corrected chi connectivity index (χ0v) is 9.21. The molecular formula is C8H7F6N3O2. The molecule has 0 saturated heterocycles. The van der Waals surface area contributed by atoms with Crippen molar-refractivity contribution in [3.63, 3.8) is 0 Å². The van der Waals surface area contributed by atoms with E-state index >= 15 is 0 Å². The lowest BCUT2D eigenvalue weighted by molar-refractivity contribution is -0.300. The number of nitrogens with two attached hydrogens (primary N) is 1. The van der Waals surface area contributed by atoms with Gasteiger partial charge in [0, 0.05) is 0 Å². The fourth-order valence-corrected chi connectivity index (χ4v) is 1.08. The first-order chi connectivity index (χ1) is 8.57. The SMILES string of the molecule is COc1c(N)ncnc1OC(C(F)(F)F)C(F)(F)F. The molecule has 1 aromatic heterocycles. The lowest BCUT2D eigenvalue weighted by atomic mass is 10.3. The summed E-state index contributed by atoms with van der Waals surface area (Å²) in [5.74, 6) is -2.11. The van der Waals surface area contributed by atoms with Crippen LogP contribution in [0, 0.1) is 0 Å². The molecule has 0 fully saturated rings. The zero-order valence-electron chi connectivity index (χ0n) is 9.21. The molecule has 19 heavy (non-hydrogen) atoms. The lowest BCUT2D eigenvalue weighted by Crippen LogP contribution is -2.46. The van der Waals surface area contributed by atoms with Gasteiger partial charge < -0.3 is 15.2 Å². The summed E-state index contributed by atoms with van der Waals surface area (Å²) >= 11 is 0. The Bertz CT molecular complexity index is 433. The predicted molar refractivity (Wildman–Crippen MR) is 49.5 cm³/mol. The summed E-state index contributed by atoms with van der Waals surface area (Å²) in [6, 6.07) is 0. The minimum atomic E-state index is -5.66. The third-order valence-corrected chi connectivity index (χ3v) is 1.83. The van der Waals surface area contributed by atoms with Gasteiger partial charge in [-0.1, -0.05) is 0 Å². The van der Waals surface area contributed by atoms with Gasteiger partial charge in [0.1, 0.15) is 6.33 Å². The lowest BCUT2D eigenvalue weighted by Gasteiger charge is -2.23. The van der Waals surface area contributed by atoms with Crippen LogP contribution < -0.4 is 15.2 Å². The topological polar surface area (TPSA) is 70.3 Å². The second-order valence-electron chi connectivity index (χ2n) is 3.18. The molecule has 0 aliphatic heterocycles. The van der Waals surface area contributed by atoms with Crippen molar-refractivity contribution < 1.29 is 35.8 Å². The molecule has 0 saturated carbocycles. The first kappa shape index (κ1) is 15.1. The number of halogens is 6. The Kier molecular flexibility index (Phi) is 3.96. The summed E-state index contributed by atoms with van der Waals surface area (Å²) in [4.78, 5) is 6.48. The van der Waals surface area contributed by atoms with Gasteiger partial charge in [0.25, 0.3) is 12.0 Å². The van der Waals surface area contributed by atoms with E-state index in [4.69, 9.17) is 5.73 Å². The largest absolute Gasteiger partial charge is 0.489 e. The molecule has 0 aromatic carbocycles. The Hall–Kier alpha value is -1.94. The van der Waals surface area contributed by atoms with E-state index in [1.54, 1.807) is 0 Å². The first-order valence-corrected chi connectivity index (χ1v) is 4.52. The Balaban J connectivity index is 3.15. The molecule has 1 heterocycles. The molecule has 11 heteroatoms. The van der Waals surface area contributed by atoms with Crippen molar-refractivity contribution in [2.24, 2.45) is 0 Å². The number of aromatic nitrogens is 2. The molecule has 0 aliphatic carbocycles. The average Bonchev–Trinajstić information content (AvgIpc) is 2.22. The van der Waals surface area contributed by atoms with Gasteiger partial charge in [0.15, 0.2) is 5.82 Å². The van der Waals surface area contributed by atoms with Gasteiger partial charge in [0.2, 0.25) is 5.75 Å². The Morgan fingerprint density at radius 1 is 1.11 bits per heavy atom. The van der Waals surface area contributed by atoms with Crippen LogP contribution in [0.3, 0.4) is 0 Å². The van der Waals surface area contributed by atoms with Crippen LogP contribution in [0.15, 0.2) is 6.33 Å². The van der Waals surface area contributed by atoms with Gasteiger partial charge in [-0.15, -0.1) is 0 Å². The molecule has 1 aromatic rings. The minimum Gasteiger partial charge on any atom is -0.489 e. The fourth-order valence-electron chi connectivity index (χ4n) is 1.08. The van der Waals surface area contributed by atoms with E-state index < -0.39 is 35.9 Å². The van der Waals surface area contributed by atoms with Crippen molar-refractivity contribution in [2.45, 2.75) is 18.5 Å². The summed E-state index contributed by atoms with van der Waals surface area (Å²) in [6.45, 7) is 0. The Morgan fingerprint density at radius 3 is 2.05 bits per heavy atom. The van der Waals surface area contributed by atoms with Crippen molar-refractivity contribution in [1.29, 1.82) is 0 Å². The molecule has 0 radical (unpaired) electrons. The highest BCUT2D eigenvalue weighted by Crippen LogP contribution is 2.39. The standard InChI is InChI=1S/C8H7F6N3O2/c1-18-3-4(15)16-2-17-5(3)19-6(7(9,10)11)8(12,13)14/h2,6H,1H3,(H2,15,16,17). The molecule has 0 spiro atoms. The maximum atomic E-state index is 12.3. The summed E-state index contributed by atoms with van der Waals surface area (Å²) < 4.78 is 82.0. The quantitative estimate of drug-likeness (QED) is 0.862. The number of nitrogen functional groups attached to an aromatic ring is 1. The van der Waals surface area contributed by atoms with E-state index in [-0.39, 0.29) is 0 Å². The van der Waals surface area contributed by atoms with Crippen molar-refractivity contribution in [3.8, 4) is 11.6 Å². The van der Waals surface area contributed by atoms with E-state index in [1.165, 1.54) is 0 Å². The molecule has 0 atom stereocenters. The number of hydrogen-bond donors (Lipinski definition) is 1. The van der Waals surface area contributed by atoms with Gasteiger partial charge in [-0.25, -0.2) is 4.98 Å². The van der Waals surface area contributed by atoms with Crippen LogP contribution in [0.4, 0.5) is 32.2 Å². The van der Waals surface area contributed by atoms with Crippen molar-refractivity contribution >= 4 is 5.82 Å². The predicted octanol–water partition coefficient (Wildman–Crippen LogP) is 1.94. The number of alkyl halides is 6. The highest BCUT2D eigenvalue weighted by molar-refractivity contribution is 5.51. The third kappa shape index (κ3) is 3.51. The zero-order chi connectivity index (χ0) is 14.8. The Labute approximate surface area is 102 Å². The second kappa shape index (κ2) is 4.97. The summed E-state index contributed by atoms with van der Waals surface area (Å²) in [5, 5.41) is 0. The van der Waals surface area contributed by atoms with Crippen LogP contribution >= 0.6 is 0 Å². The van der Waals surface area contributed by atoms with Crippen molar-refractivity contribution in [3.05, 3.63) is 6.33 Å². The molecule has 2 N–H and O–H groups in total. The number of rotatable bonds is 3. The molecule has 0 aliphatic rings. The maximum Gasteiger partial charge on any atom is 0.434 e. The highest BCUT2D eigenvalue weighted by Gasteiger charge is 2.59. The van der Waals surface area contributed by atoms with Gasteiger partial charge in [-0.05, 0) is 0 Å². The van der Waals surface area contributed by atoms with Crippen LogP contribution in [-0.2, 0) is 0 Å². The summed E-state index contributed by atoms with van der Waals surface area (Å²) in [6.07, 6.45) is -14.7. The average molecular weight is 291 g/mol. The number of methoxy groups -OCH3 is 1. The minimum absolute atomic E-state index is 0.449.